The molecule has 14 heavy (non-hydrogen) atoms. The zero-order valence-electron chi connectivity index (χ0n) is 7.36. The molecule has 1 atom stereocenters. The van der Waals surface area contributed by atoms with Crippen LogP contribution in [0.4, 0.5) is 8.78 Å². The number of nitrogens with two attached hydrogens (primary N) is 1. The molecule has 1 aromatic carbocycles. The Balaban J connectivity index is 2.52. The molecule has 0 saturated carbocycles. The molecule has 0 aromatic heterocycles. The van der Waals surface area contributed by atoms with Crippen molar-refractivity contribution in [3.8, 4) is 5.75 Å². The number of alkyl halides is 2. The monoisotopic (exact) mass is 203 g/mol. The number of phenolic OH excluding ortho intramolecular Hbond substituents is 1. The molecule has 0 amide bonds. The SMILES string of the molecule is NC(COC(F)F)c1ccc(O)cc1. The van der Waals surface area contributed by atoms with Crippen molar-refractivity contribution in [2.24, 2.45) is 5.73 Å². The van der Waals surface area contributed by atoms with Crippen molar-refractivity contribution in [2.75, 3.05) is 6.61 Å². The molecule has 78 valence electrons. The van der Waals surface area contributed by atoms with E-state index in [0.717, 1.165) is 0 Å². The Kier molecular flexibility index (Phi) is 3.79. The van der Waals surface area contributed by atoms with E-state index in [-0.39, 0.29) is 12.4 Å². The molecule has 3 nitrogen and oxygen atoms in total. The second-order valence-electron chi connectivity index (χ2n) is 2.79. The molecule has 0 aliphatic heterocycles. The van der Waals surface area contributed by atoms with Gasteiger partial charge in [0.2, 0.25) is 0 Å². The molecule has 0 fully saturated rings. The summed E-state index contributed by atoms with van der Waals surface area (Å²) >= 11 is 0. The summed E-state index contributed by atoms with van der Waals surface area (Å²) < 4.78 is 27.4. The highest BCUT2D eigenvalue weighted by Gasteiger charge is 2.09. The van der Waals surface area contributed by atoms with Crippen molar-refractivity contribution in [3.05, 3.63) is 29.8 Å². The Morgan fingerprint density at radius 2 is 1.86 bits per heavy atom. The van der Waals surface area contributed by atoms with Gasteiger partial charge in [-0.25, -0.2) is 0 Å². The number of phenols is 1. The van der Waals surface area contributed by atoms with Gasteiger partial charge in [-0.1, -0.05) is 12.1 Å². The molecule has 1 unspecified atom stereocenters. The van der Waals surface area contributed by atoms with Crippen LogP contribution in [0.2, 0.25) is 0 Å². The predicted octanol–water partition coefficient (Wildman–Crippen LogP) is 1.63. The molecule has 0 aliphatic carbocycles. The molecule has 5 heteroatoms. The highest BCUT2D eigenvalue weighted by molar-refractivity contribution is 5.27. The number of aromatic hydroxyl groups is 1. The maximum atomic E-state index is 11.7. The van der Waals surface area contributed by atoms with Crippen LogP contribution in [-0.2, 0) is 4.74 Å². The summed E-state index contributed by atoms with van der Waals surface area (Å²) in [4.78, 5) is 0. The third-order valence-corrected chi connectivity index (χ3v) is 1.72. The van der Waals surface area contributed by atoms with Gasteiger partial charge in [0.05, 0.1) is 12.6 Å². The molecule has 0 bridgehead atoms. The van der Waals surface area contributed by atoms with E-state index in [1.165, 1.54) is 12.1 Å². The van der Waals surface area contributed by atoms with Gasteiger partial charge in [0, 0.05) is 0 Å². The van der Waals surface area contributed by atoms with Crippen molar-refractivity contribution in [1.29, 1.82) is 0 Å². The molecule has 1 aromatic rings. The topological polar surface area (TPSA) is 55.5 Å². The number of hydrogen-bond donors (Lipinski definition) is 2. The quantitative estimate of drug-likeness (QED) is 0.781. The van der Waals surface area contributed by atoms with Crippen LogP contribution in [-0.4, -0.2) is 18.3 Å². The number of rotatable bonds is 4. The Morgan fingerprint density at radius 1 is 1.29 bits per heavy atom. The highest BCUT2D eigenvalue weighted by atomic mass is 19.3. The van der Waals surface area contributed by atoms with Crippen molar-refractivity contribution in [3.63, 3.8) is 0 Å². The normalized spacial score (nSPS) is 13.1. The minimum absolute atomic E-state index is 0.107. The first-order valence-electron chi connectivity index (χ1n) is 4.04. The van der Waals surface area contributed by atoms with Crippen LogP contribution in [0, 0.1) is 0 Å². The van der Waals surface area contributed by atoms with E-state index in [1.54, 1.807) is 12.1 Å². The van der Waals surface area contributed by atoms with Crippen molar-refractivity contribution >= 4 is 0 Å². The lowest BCUT2D eigenvalue weighted by Gasteiger charge is -2.11. The smallest absolute Gasteiger partial charge is 0.345 e. The van der Waals surface area contributed by atoms with Gasteiger partial charge in [0.15, 0.2) is 0 Å². The van der Waals surface area contributed by atoms with E-state index in [4.69, 9.17) is 10.8 Å². The zero-order valence-corrected chi connectivity index (χ0v) is 7.36. The van der Waals surface area contributed by atoms with E-state index >= 15 is 0 Å². The van der Waals surface area contributed by atoms with Crippen LogP contribution in [0.25, 0.3) is 0 Å². The van der Waals surface area contributed by atoms with E-state index in [9.17, 15) is 8.78 Å². The average Bonchev–Trinajstić information content (AvgIpc) is 2.15. The first-order chi connectivity index (χ1) is 6.59. The average molecular weight is 203 g/mol. The summed E-state index contributed by atoms with van der Waals surface area (Å²) in [6.07, 6.45) is 0. The van der Waals surface area contributed by atoms with Crippen LogP contribution >= 0.6 is 0 Å². The Hall–Kier alpha value is -1.20. The first-order valence-corrected chi connectivity index (χ1v) is 4.04. The maximum Gasteiger partial charge on any atom is 0.345 e. The molecule has 0 spiro atoms. The summed E-state index contributed by atoms with van der Waals surface area (Å²) in [5.74, 6) is 0.107. The van der Waals surface area contributed by atoms with Crippen LogP contribution in [0.5, 0.6) is 5.75 Å². The van der Waals surface area contributed by atoms with E-state index < -0.39 is 12.7 Å². The lowest BCUT2D eigenvalue weighted by molar-refractivity contribution is -0.132. The largest absolute Gasteiger partial charge is 0.508 e. The highest BCUT2D eigenvalue weighted by Crippen LogP contribution is 2.15. The fraction of sp³-hybridized carbons (Fsp3) is 0.333. The van der Waals surface area contributed by atoms with Crippen LogP contribution in [0.15, 0.2) is 24.3 Å². The number of benzene rings is 1. The minimum atomic E-state index is -2.81. The van der Waals surface area contributed by atoms with Crippen LogP contribution < -0.4 is 5.73 Å². The second kappa shape index (κ2) is 4.88. The summed E-state index contributed by atoms with van der Waals surface area (Å²) in [5.41, 5.74) is 6.20. The summed E-state index contributed by atoms with van der Waals surface area (Å²) in [6, 6.07) is 5.41. The minimum Gasteiger partial charge on any atom is -0.508 e. The fourth-order valence-electron chi connectivity index (χ4n) is 0.994. The lowest BCUT2D eigenvalue weighted by atomic mass is 10.1. The Bertz CT molecular complexity index is 277. The van der Waals surface area contributed by atoms with Gasteiger partial charge in [0.25, 0.3) is 0 Å². The summed E-state index contributed by atoms with van der Waals surface area (Å²) in [7, 11) is 0. The van der Waals surface area contributed by atoms with Gasteiger partial charge in [-0.15, -0.1) is 0 Å². The molecule has 0 aliphatic rings. The van der Waals surface area contributed by atoms with Gasteiger partial charge in [0.1, 0.15) is 5.75 Å². The number of ether oxygens (including phenoxy) is 1. The maximum absolute atomic E-state index is 11.7. The molecule has 3 N–H and O–H groups in total. The van der Waals surface area contributed by atoms with Crippen molar-refractivity contribution in [2.45, 2.75) is 12.7 Å². The first kappa shape index (κ1) is 10.9. The standard InChI is InChI=1S/C9H11F2NO2/c10-9(11)14-5-8(12)6-1-3-7(13)4-2-6/h1-4,8-9,13H,5,12H2. The van der Waals surface area contributed by atoms with Crippen LogP contribution in [0.3, 0.4) is 0 Å². The van der Waals surface area contributed by atoms with Crippen molar-refractivity contribution in [1.82, 2.24) is 0 Å². The third-order valence-electron chi connectivity index (χ3n) is 1.72. The van der Waals surface area contributed by atoms with Crippen LogP contribution in [0.1, 0.15) is 11.6 Å². The molecule has 0 heterocycles. The molecule has 1 rings (SSSR count). The molecule has 0 saturated heterocycles. The summed E-state index contributed by atoms with van der Waals surface area (Å²) in [5, 5.41) is 8.96. The summed E-state index contributed by atoms with van der Waals surface area (Å²) in [6.45, 7) is -3.05. The number of halogens is 2. The lowest BCUT2D eigenvalue weighted by Crippen LogP contribution is -2.18. The third kappa shape index (κ3) is 3.27. The van der Waals surface area contributed by atoms with Gasteiger partial charge < -0.3 is 15.6 Å². The van der Waals surface area contributed by atoms with Crippen molar-refractivity contribution < 1.29 is 18.6 Å². The molecule has 0 radical (unpaired) electrons. The zero-order chi connectivity index (χ0) is 10.6. The predicted molar refractivity (Wildman–Crippen MR) is 47.0 cm³/mol. The molecular formula is C9H11F2NO2. The Labute approximate surface area is 80.1 Å². The van der Waals surface area contributed by atoms with Gasteiger partial charge >= 0.3 is 6.61 Å². The fourth-order valence-corrected chi connectivity index (χ4v) is 0.994. The van der Waals surface area contributed by atoms with Gasteiger partial charge in [-0.3, -0.25) is 0 Å². The molecular weight excluding hydrogens is 192 g/mol. The number of hydrogen-bond acceptors (Lipinski definition) is 3. The Morgan fingerprint density at radius 3 is 2.36 bits per heavy atom. The van der Waals surface area contributed by atoms with Gasteiger partial charge in [-0.2, -0.15) is 8.78 Å². The van der Waals surface area contributed by atoms with E-state index in [1.807, 2.05) is 0 Å². The van der Waals surface area contributed by atoms with Gasteiger partial charge in [-0.05, 0) is 17.7 Å². The second-order valence-corrected chi connectivity index (χ2v) is 2.79. The van der Waals surface area contributed by atoms with E-state index in [2.05, 4.69) is 4.74 Å². The van der Waals surface area contributed by atoms with E-state index in [0.29, 0.717) is 5.56 Å².